The van der Waals surface area contributed by atoms with Crippen LogP contribution in [0.4, 0.5) is 11.8 Å². The van der Waals surface area contributed by atoms with Gasteiger partial charge in [0.15, 0.2) is 11.5 Å². The molecule has 2 aliphatic rings. The summed E-state index contributed by atoms with van der Waals surface area (Å²) in [7, 11) is 3.23. The van der Waals surface area contributed by atoms with Crippen LogP contribution in [0.25, 0.3) is 10.9 Å². The number of rotatable bonds is 7. The number of ether oxygens (including phenoxy) is 3. The summed E-state index contributed by atoms with van der Waals surface area (Å²) in [6.07, 6.45) is 6.44. The van der Waals surface area contributed by atoms with Gasteiger partial charge < -0.3 is 24.8 Å². The molecule has 7 heteroatoms. The Kier molecular flexibility index (Phi) is 5.44. The maximum absolute atomic E-state index is 6.38. The SMILES string of the molecule is CCCC[C@@H]1CN(c2nc(N)c3cc(OC)c(OC)cc3n2)C[C@H](C2CC2)O1. The molecule has 7 nitrogen and oxygen atoms in total. The number of anilines is 2. The largest absolute Gasteiger partial charge is 0.493 e. The van der Waals surface area contributed by atoms with Crippen molar-refractivity contribution in [3.05, 3.63) is 12.1 Å². The first-order valence-electron chi connectivity index (χ1n) is 10.2. The zero-order valence-corrected chi connectivity index (χ0v) is 17.0. The van der Waals surface area contributed by atoms with Crippen molar-refractivity contribution in [2.75, 3.05) is 37.9 Å². The van der Waals surface area contributed by atoms with E-state index in [2.05, 4.69) is 16.8 Å². The second-order valence-corrected chi connectivity index (χ2v) is 7.81. The Morgan fingerprint density at radius 3 is 2.57 bits per heavy atom. The second kappa shape index (κ2) is 7.99. The molecule has 0 radical (unpaired) electrons. The minimum atomic E-state index is 0.227. The van der Waals surface area contributed by atoms with Gasteiger partial charge in [0.2, 0.25) is 5.95 Å². The molecule has 1 aromatic heterocycles. The van der Waals surface area contributed by atoms with Gasteiger partial charge in [-0.3, -0.25) is 0 Å². The quantitative estimate of drug-likeness (QED) is 0.781. The molecular formula is C21H30N4O3. The number of nitrogens with zero attached hydrogens (tertiary/aromatic N) is 3. The van der Waals surface area contributed by atoms with E-state index in [0.29, 0.717) is 29.2 Å². The highest BCUT2D eigenvalue weighted by Crippen LogP contribution is 2.39. The molecule has 1 aliphatic heterocycles. The van der Waals surface area contributed by atoms with Crippen molar-refractivity contribution in [2.24, 2.45) is 5.92 Å². The van der Waals surface area contributed by atoms with E-state index >= 15 is 0 Å². The standard InChI is InChI=1S/C21H30N4O3/c1-4-5-6-14-11-25(12-19(28-14)13-7-8-13)21-23-16-10-18(27-3)17(26-2)9-15(16)20(22)24-21/h9-10,13-14,19H,4-8,11-12H2,1-3H3,(H2,22,23,24)/t14-,19-/m1/s1. The van der Waals surface area contributed by atoms with E-state index in [1.807, 2.05) is 12.1 Å². The normalized spacial score (nSPS) is 22.5. The third kappa shape index (κ3) is 3.81. The minimum Gasteiger partial charge on any atom is -0.493 e. The number of hydrogen-bond acceptors (Lipinski definition) is 7. The van der Waals surface area contributed by atoms with Crippen LogP contribution in [0.2, 0.25) is 0 Å². The van der Waals surface area contributed by atoms with Crippen LogP contribution >= 0.6 is 0 Å². The number of unbranched alkanes of at least 4 members (excludes halogenated alkanes) is 1. The van der Waals surface area contributed by atoms with E-state index in [4.69, 9.17) is 24.9 Å². The average Bonchev–Trinajstić information content (AvgIpc) is 3.56. The van der Waals surface area contributed by atoms with E-state index < -0.39 is 0 Å². The molecule has 2 fully saturated rings. The number of hydrogen-bond donors (Lipinski definition) is 1. The van der Waals surface area contributed by atoms with Gasteiger partial charge in [0, 0.05) is 24.5 Å². The fraction of sp³-hybridized carbons (Fsp3) is 0.619. The highest BCUT2D eigenvalue weighted by atomic mass is 16.5. The Morgan fingerprint density at radius 2 is 1.89 bits per heavy atom. The van der Waals surface area contributed by atoms with E-state index in [9.17, 15) is 0 Å². The van der Waals surface area contributed by atoms with Crippen LogP contribution in [0.3, 0.4) is 0 Å². The zero-order chi connectivity index (χ0) is 19.7. The minimum absolute atomic E-state index is 0.227. The van der Waals surface area contributed by atoms with Gasteiger partial charge in [-0.25, -0.2) is 4.98 Å². The predicted molar refractivity (Wildman–Crippen MR) is 110 cm³/mol. The van der Waals surface area contributed by atoms with Crippen molar-refractivity contribution in [3.8, 4) is 11.5 Å². The molecule has 2 heterocycles. The molecule has 0 spiro atoms. The lowest BCUT2D eigenvalue weighted by Gasteiger charge is -2.38. The number of morpholine rings is 1. The second-order valence-electron chi connectivity index (χ2n) is 7.81. The van der Waals surface area contributed by atoms with E-state index in [1.165, 1.54) is 25.7 Å². The van der Waals surface area contributed by atoms with Gasteiger partial charge in [-0.05, 0) is 31.2 Å². The topological polar surface area (TPSA) is 82.7 Å². The zero-order valence-electron chi connectivity index (χ0n) is 17.0. The van der Waals surface area contributed by atoms with Gasteiger partial charge >= 0.3 is 0 Å². The number of benzene rings is 1. The molecule has 1 saturated heterocycles. The van der Waals surface area contributed by atoms with Crippen LogP contribution in [-0.2, 0) is 4.74 Å². The number of fused-ring (bicyclic) bond motifs is 1. The Balaban J connectivity index is 1.66. The molecule has 2 N–H and O–H groups in total. The molecule has 1 saturated carbocycles. The van der Waals surface area contributed by atoms with Gasteiger partial charge in [-0.1, -0.05) is 19.8 Å². The van der Waals surface area contributed by atoms with Crippen molar-refractivity contribution in [1.82, 2.24) is 9.97 Å². The Hall–Kier alpha value is -2.28. The number of methoxy groups -OCH3 is 2. The molecule has 1 aliphatic carbocycles. The van der Waals surface area contributed by atoms with Gasteiger partial charge in [0.05, 0.1) is 31.9 Å². The predicted octanol–water partition coefficient (Wildman–Crippen LogP) is 3.40. The molecule has 2 aromatic rings. The van der Waals surface area contributed by atoms with E-state index in [-0.39, 0.29) is 12.2 Å². The first-order chi connectivity index (χ1) is 13.6. The van der Waals surface area contributed by atoms with E-state index in [1.54, 1.807) is 14.2 Å². The first kappa shape index (κ1) is 19.1. The van der Waals surface area contributed by atoms with Crippen LogP contribution in [0.1, 0.15) is 39.0 Å². The molecule has 0 bridgehead atoms. The molecule has 0 amide bonds. The van der Waals surface area contributed by atoms with Crippen molar-refractivity contribution in [3.63, 3.8) is 0 Å². The maximum atomic E-state index is 6.38. The monoisotopic (exact) mass is 386 g/mol. The van der Waals surface area contributed by atoms with Crippen LogP contribution < -0.4 is 20.1 Å². The van der Waals surface area contributed by atoms with Gasteiger partial charge in [-0.2, -0.15) is 4.98 Å². The summed E-state index contributed by atoms with van der Waals surface area (Å²) in [6.45, 7) is 3.85. The first-order valence-corrected chi connectivity index (χ1v) is 10.2. The van der Waals surface area contributed by atoms with E-state index in [0.717, 1.165) is 30.4 Å². The summed E-state index contributed by atoms with van der Waals surface area (Å²) < 4.78 is 17.2. The number of nitrogens with two attached hydrogens (primary N) is 1. The Labute approximate surface area is 166 Å². The van der Waals surface area contributed by atoms with Crippen LogP contribution in [0.15, 0.2) is 12.1 Å². The average molecular weight is 386 g/mol. The van der Waals surface area contributed by atoms with Gasteiger partial charge in [0.25, 0.3) is 0 Å². The number of aromatic nitrogens is 2. The van der Waals surface area contributed by atoms with Gasteiger partial charge in [0.1, 0.15) is 5.82 Å². The summed E-state index contributed by atoms with van der Waals surface area (Å²) in [5.74, 6) is 3.07. The third-order valence-corrected chi connectivity index (χ3v) is 5.72. The molecule has 4 rings (SSSR count). The highest BCUT2D eigenvalue weighted by Gasteiger charge is 2.39. The molecule has 2 atom stereocenters. The lowest BCUT2D eigenvalue weighted by Crippen LogP contribution is -2.49. The van der Waals surface area contributed by atoms with Gasteiger partial charge in [-0.15, -0.1) is 0 Å². The smallest absolute Gasteiger partial charge is 0.228 e. The Bertz CT molecular complexity index is 840. The van der Waals surface area contributed by atoms with Crippen molar-refractivity contribution in [1.29, 1.82) is 0 Å². The van der Waals surface area contributed by atoms with Crippen LogP contribution in [-0.4, -0.2) is 49.5 Å². The fourth-order valence-corrected chi connectivity index (χ4v) is 3.96. The fourth-order valence-electron chi connectivity index (χ4n) is 3.96. The third-order valence-electron chi connectivity index (χ3n) is 5.72. The molecule has 1 aromatic carbocycles. The summed E-state index contributed by atoms with van der Waals surface area (Å²) in [4.78, 5) is 11.7. The van der Waals surface area contributed by atoms with Crippen LogP contribution in [0.5, 0.6) is 11.5 Å². The number of nitrogen functional groups attached to an aromatic ring is 1. The lowest BCUT2D eigenvalue weighted by atomic mass is 10.1. The lowest BCUT2D eigenvalue weighted by molar-refractivity contribution is -0.0413. The summed E-state index contributed by atoms with van der Waals surface area (Å²) in [5.41, 5.74) is 7.06. The van der Waals surface area contributed by atoms with Crippen LogP contribution in [0, 0.1) is 5.92 Å². The molecule has 152 valence electrons. The maximum Gasteiger partial charge on any atom is 0.228 e. The highest BCUT2D eigenvalue weighted by molar-refractivity contribution is 5.91. The van der Waals surface area contributed by atoms with Crippen molar-refractivity contribution in [2.45, 2.75) is 51.2 Å². The molecule has 0 unspecified atom stereocenters. The Morgan fingerprint density at radius 1 is 1.14 bits per heavy atom. The summed E-state index contributed by atoms with van der Waals surface area (Å²) >= 11 is 0. The van der Waals surface area contributed by atoms with Crippen molar-refractivity contribution < 1.29 is 14.2 Å². The van der Waals surface area contributed by atoms with Crippen molar-refractivity contribution >= 4 is 22.7 Å². The summed E-state index contributed by atoms with van der Waals surface area (Å²) in [5, 5.41) is 0.774. The molecular weight excluding hydrogens is 356 g/mol. The summed E-state index contributed by atoms with van der Waals surface area (Å²) in [6, 6.07) is 3.70. The molecule has 28 heavy (non-hydrogen) atoms.